The monoisotopic (exact) mass is 477 g/mol. The number of carbonyl (C=O) groups excluding carboxylic acids is 2. The Balaban J connectivity index is 1.43. The predicted molar refractivity (Wildman–Crippen MR) is 133 cm³/mol. The Morgan fingerprint density at radius 2 is 1.94 bits per heavy atom. The van der Waals surface area contributed by atoms with Gasteiger partial charge in [-0.15, -0.1) is 0 Å². The second-order valence-corrected chi connectivity index (χ2v) is 9.50. The van der Waals surface area contributed by atoms with Crippen molar-refractivity contribution in [2.45, 2.75) is 25.3 Å². The fourth-order valence-electron chi connectivity index (χ4n) is 4.74. The van der Waals surface area contributed by atoms with Gasteiger partial charge in [-0.2, -0.15) is 11.3 Å². The number of fused-ring (bicyclic) bond motifs is 3. The number of aromatic nitrogens is 1. The predicted octanol–water partition coefficient (Wildman–Crippen LogP) is 5.74. The molecule has 1 aliphatic heterocycles. The average Bonchev–Trinajstić information content (AvgIpc) is 3.49. The normalized spacial score (nSPS) is 17.7. The number of aromatic amines is 1. The molecule has 2 unspecified atom stereocenters. The Bertz CT molecular complexity index is 1310. The van der Waals surface area contributed by atoms with Crippen LogP contribution in [0.5, 0.6) is 0 Å². The highest BCUT2D eigenvalue weighted by Gasteiger charge is 2.37. The molecule has 0 radical (unpaired) electrons. The minimum atomic E-state index is -0.150. The van der Waals surface area contributed by atoms with E-state index in [0.717, 1.165) is 16.8 Å². The molecule has 0 fully saturated rings. The minimum Gasteiger partial charge on any atom is -0.356 e. The number of para-hydroxylation sites is 1. The maximum absolute atomic E-state index is 13.3. The number of hydrogen-bond donors (Lipinski definition) is 2. The largest absolute Gasteiger partial charge is 0.356 e. The number of amides is 2. The highest BCUT2D eigenvalue weighted by Crippen LogP contribution is 2.44. The third-order valence-corrected chi connectivity index (χ3v) is 7.43. The van der Waals surface area contributed by atoms with Crippen molar-refractivity contribution in [3.63, 3.8) is 0 Å². The first-order valence-corrected chi connectivity index (χ1v) is 12.3. The lowest BCUT2D eigenvalue weighted by molar-refractivity contribution is -0.133. The van der Waals surface area contributed by atoms with Crippen molar-refractivity contribution >= 4 is 45.7 Å². The van der Waals surface area contributed by atoms with E-state index >= 15 is 0 Å². The van der Waals surface area contributed by atoms with E-state index in [1.165, 1.54) is 22.3 Å². The third-order valence-electron chi connectivity index (χ3n) is 6.40. The first-order chi connectivity index (χ1) is 16.0. The second-order valence-electron chi connectivity index (χ2n) is 8.31. The summed E-state index contributed by atoms with van der Waals surface area (Å²) in [5.74, 6) is -0.178. The summed E-state index contributed by atoms with van der Waals surface area (Å²) >= 11 is 8.09. The van der Waals surface area contributed by atoms with Gasteiger partial charge >= 0.3 is 0 Å². The number of benzene rings is 2. The van der Waals surface area contributed by atoms with Gasteiger partial charge in [-0.05, 0) is 41.6 Å². The van der Waals surface area contributed by atoms with Gasteiger partial charge in [-0.1, -0.05) is 48.0 Å². The molecule has 4 aromatic rings. The number of H-pyrrole nitrogens is 1. The molecule has 2 N–H and O–H groups in total. The van der Waals surface area contributed by atoms with Crippen molar-refractivity contribution in [2.24, 2.45) is 0 Å². The van der Waals surface area contributed by atoms with Gasteiger partial charge in [0.2, 0.25) is 5.91 Å². The smallest absolute Gasteiger partial charge is 0.252 e. The van der Waals surface area contributed by atoms with Gasteiger partial charge in [0.25, 0.3) is 5.91 Å². The Morgan fingerprint density at radius 1 is 1.15 bits per heavy atom. The van der Waals surface area contributed by atoms with Crippen LogP contribution in [0, 0.1) is 0 Å². The standard InChI is InChI=1S/C26H24ClN3O2S/c1-16-25-24(19-7-3-5-9-22(19)29-25)20(18-6-2-4-8-21(18)27)14-30(16)23(31)10-12-28-26(32)17-11-13-33-15-17/h2-9,11,13,15-16,20,29H,10,12,14H2,1H3,(H,28,32). The first kappa shape index (κ1) is 21.7. The summed E-state index contributed by atoms with van der Waals surface area (Å²) in [5.41, 5.74) is 4.95. The summed E-state index contributed by atoms with van der Waals surface area (Å²) < 4.78 is 0. The quantitative estimate of drug-likeness (QED) is 0.385. The molecule has 5 rings (SSSR count). The lowest BCUT2D eigenvalue weighted by Crippen LogP contribution is -2.42. The topological polar surface area (TPSA) is 65.2 Å². The number of rotatable bonds is 5. The Hall–Kier alpha value is -3.09. The maximum atomic E-state index is 13.3. The SMILES string of the molecule is CC1c2[nH]c3ccccc3c2C(c2ccccc2Cl)CN1C(=O)CCNC(=O)c1ccsc1. The van der Waals surface area contributed by atoms with Gasteiger partial charge in [0, 0.05) is 58.0 Å². The van der Waals surface area contributed by atoms with Gasteiger partial charge in [0.15, 0.2) is 0 Å². The molecule has 2 aromatic heterocycles. The third kappa shape index (κ3) is 4.05. The Kier molecular flexibility index (Phi) is 5.96. The fourth-order valence-corrected chi connectivity index (χ4v) is 5.65. The lowest BCUT2D eigenvalue weighted by Gasteiger charge is -2.39. The van der Waals surface area contributed by atoms with E-state index in [1.807, 2.05) is 46.7 Å². The summed E-state index contributed by atoms with van der Waals surface area (Å²) in [5, 5.41) is 8.38. The average molecular weight is 478 g/mol. The number of thiophene rings is 1. The highest BCUT2D eigenvalue weighted by molar-refractivity contribution is 7.08. The van der Waals surface area contributed by atoms with Gasteiger partial charge in [0.1, 0.15) is 0 Å². The van der Waals surface area contributed by atoms with E-state index in [2.05, 4.69) is 29.4 Å². The van der Waals surface area contributed by atoms with Crippen LogP contribution in [-0.4, -0.2) is 34.8 Å². The van der Waals surface area contributed by atoms with Crippen LogP contribution in [0.4, 0.5) is 0 Å². The van der Waals surface area contributed by atoms with E-state index < -0.39 is 0 Å². The number of nitrogens with one attached hydrogen (secondary N) is 2. The van der Waals surface area contributed by atoms with Crippen LogP contribution in [0.1, 0.15) is 52.5 Å². The van der Waals surface area contributed by atoms with Crippen LogP contribution in [0.15, 0.2) is 65.4 Å². The summed E-state index contributed by atoms with van der Waals surface area (Å²) in [6, 6.07) is 17.8. The molecule has 2 aromatic carbocycles. The molecule has 2 amide bonds. The molecule has 2 atom stereocenters. The zero-order chi connectivity index (χ0) is 22.9. The molecule has 1 aliphatic rings. The van der Waals surface area contributed by atoms with Crippen molar-refractivity contribution in [1.82, 2.24) is 15.2 Å². The summed E-state index contributed by atoms with van der Waals surface area (Å²) in [6.45, 7) is 2.89. The fraction of sp³-hybridized carbons (Fsp3) is 0.231. The first-order valence-electron chi connectivity index (χ1n) is 11.0. The molecule has 0 saturated carbocycles. The molecule has 5 nitrogen and oxygen atoms in total. The van der Waals surface area contributed by atoms with Crippen LogP contribution in [0.2, 0.25) is 5.02 Å². The molecule has 0 bridgehead atoms. The van der Waals surface area contributed by atoms with E-state index in [9.17, 15) is 9.59 Å². The van der Waals surface area contributed by atoms with Crippen molar-refractivity contribution in [2.75, 3.05) is 13.1 Å². The van der Waals surface area contributed by atoms with Gasteiger partial charge in [0.05, 0.1) is 6.04 Å². The number of halogens is 1. The molecule has 33 heavy (non-hydrogen) atoms. The maximum Gasteiger partial charge on any atom is 0.252 e. The Morgan fingerprint density at radius 3 is 2.73 bits per heavy atom. The number of nitrogens with zero attached hydrogens (tertiary/aromatic N) is 1. The van der Waals surface area contributed by atoms with Crippen molar-refractivity contribution in [3.05, 3.63) is 92.8 Å². The number of carbonyl (C=O) groups is 2. The molecular weight excluding hydrogens is 454 g/mol. The molecular formula is C26H24ClN3O2S. The molecule has 0 saturated heterocycles. The van der Waals surface area contributed by atoms with E-state index in [0.29, 0.717) is 23.7 Å². The zero-order valence-corrected chi connectivity index (χ0v) is 19.7. The molecule has 7 heteroatoms. The van der Waals surface area contributed by atoms with Crippen LogP contribution in [-0.2, 0) is 4.79 Å². The highest BCUT2D eigenvalue weighted by atomic mass is 35.5. The molecule has 0 spiro atoms. The van der Waals surface area contributed by atoms with Crippen LogP contribution in [0.3, 0.4) is 0 Å². The Labute approximate surface area is 201 Å². The van der Waals surface area contributed by atoms with E-state index in [4.69, 9.17) is 11.6 Å². The zero-order valence-electron chi connectivity index (χ0n) is 18.2. The second kappa shape index (κ2) is 9.04. The molecule has 3 heterocycles. The van der Waals surface area contributed by atoms with E-state index in [1.54, 1.807) is 11.4 Å². The van der Waals surface area contributed by atoms with Crippen molar-refractivity contribution in [3.8, 4) is 0 Å². The van der Waals surface area contributed by atoms with Crippen LogP contribution in [0.25, 0.3) is 10.9 Å². The van der Waals surface area contributed by atoms with Gasteiger partial charge < -0.3 is 15.2 Å². The van der Waals surface area contributed by atoms with E-state index in [-0.39, 0.29) is 30.2 Å². The van der Waals surface area contributed by atoms with Crippen LogP contribution >= 0.6 is 22.9 Å². The van der Waals surface area contributed by atoms with Gasteiger partial charge in [-0.3, -0.25) is 9.59 Å². The lowest BCUT2D eigenvalue weighted by atomic mass is 9.83. The molecule has 0 aliphatic carbocycles. The summed E-state index contributed by atoms with van der Waals surface area (Å²) in [4.78, 5) is 31.0. The van der Waals surface area contributed by atoms with Crippen molar-refractivity contribution < 1.29 is 9.59 Å². The van der Waals surface area contributed by atoms with Crippen molar-refractivity contribution in [1.29, 1.82) is 0 Å². The number of hydrogen-bond acceptors (Lipinski definition) is 3. The van der Waals surface area contributed by atoms with Crippen LogP contribution < -0.4 is 5.32 Å². The van der Waals surface area contributed by atoms with Gasteiger partial charge in [-0.25, -0.2) is 0 Å². The molecule has 168 valence electrons. The summed E-state index contributed by atoms with van der Waals surface area (Å²) in [7, 11) is 0. The minimum absolute atomic E-state index is 0.00878. The summed E-state index contributed by atoms with van der Waals surface area (Å²) in [6.07, 6.45) is 0.241.